The summed E-state index contributed by atoms with van der Waals surface area (Å²) < 4.78 is 5.74. The highest BCUT2D eigenvalue weighted by atomic mass is 16.5. The lowest BCUT2D eigenvalue weighted by Gasteiger charge is -2.12. The monoisotopic (exact) mass is 235 g/mol. The Morgan fingerprint density at radius 3 is 2.88 bits per heavy atom. The first-order chi connectivity index (χ1) is 8.28. The Balaban J connectivity index is 1.74. The molecule has 2 unspecified atom stereocenters. The van der Waals surface area contributed by atoms with Crippen LogP contribution in [0.15, 0.2) is 24.3 Å². The third-order valence-electron chi connectivity index (χ3n) is 3.20. The van der Waals surface area contributed by atoms with E-state index in [4.69, 9.17) is 9.84 Å². The fourth-order valence-corrected chi connectivity index (χ4v) is 2.25. The fourth-order valence-electron chi connectivity index (χ4n) is 2.25. The van der Waals surface area contributed by atoms with Gasteiger partial charge in [0.05, 0.1) is 18.8 Å². The number of ether oxygens (including phenoxy) is 1. The van der Waals surface area contributed by atoms with Crippen molar-refractivity contribution in [3.05, 3.63) is 35.4 Å². The Hall–Kier alpha value is -0.900. The van der Waals surface area contributed by atoms with E-state index in [0.29, 0.717) is 12.2 Å². The van der Waals surface area contributed by atoms with Crippen molar-refractivity contribution in [1.29, 1.82) is 0 Å². The molecule has 1 heterocycles. The van der Waals surface area contributed by atoms with Gasteiger partial charge in [0.25, 0.3) is 0 Å². The molecule has 2 N–H and O–H groups in total. The van der Waals surface area contributed by atoms with E-state index < -0.39 is 0 Å². The molecule has 17 heavy (non-hydrogen) atoms. The van der Waals surface area contributed by atoms with Crippen molar-refractivity contribution in [2.45, 2.75) is 45.1 Å². The molecule has 0 saturated carbocycles. The average Bonchev–Trinajstić information content (AvgIpc) is 2.75. The van der Waals surface area contributed by atoms with Crippen LogP contribution in [0.1, 0.15) is 30.9 Å². The van der Waals surface area contributed by atoms with E-state index in [1.807, 2.05) is 18.2 Å². The van der Waals surface area contributed by atoms with E-state index in [9.17, 15) is 0 Å². The van der Waals surface area contributed by atoms with Crippen LogP contribution in [-0.4, -0.2) is 23.9 Å². The summed E-state index contributed by atoms with van der Waals surface area (Å²) >= 11 is 0. The van der Waals surface area contributed by atoms with Crippen molar-refractivity contribution >= 4 is 0 Å². The van der Waals surface area contributed by atoms with E-state index in [0.717, 1.165) is 25.1 Å². The Bertz CT molecular complexity index is 354. The third-order valence-corrected chi connectivity index (χ3v) is 3.20. The first-order valence-corrected chi connectivity index (χ1v) is 6.33. The lowest BCUT2D eigenvalue weighted by molar-refractivity contribution is 0.0559. The minimum Gasteiger partial charge on any atom is -0.392 e. The zero-order valence-electron chi connectivity index (χ0n) is 10.4. The van der Waals surface area contributed by atoms with Gasteiger partial charge in [-0.3, -0.25) is 0 Å². The molecule has 0 amide bonds. The largest absolute Gasteiger partial charge is 0.392 e. The van der Waals surface area contributed by atoms with E-state index in [-0.39, 0.29) is 6.61 Å². The summed E-state index contributed by atoms with van der Waals surface area (Å²) in [5.74, 6) is 0. The Kier molecular flexibility index (Phi) is 4.54. The van der Waals surface area contributed by atoms with Gasteiger partial charge in [0.15, 0.2) is 0 Å². The maximum atomic E-state index is 9.05. The van der Waals surface area contributed by atoms with Gasteiger partial charge in [-0.25, -0.2) is 0 Å². The maximum Gasteiger partial charge on any atom is 0.0704 e. The molecule has 3 heteroatoms. The molecule has 1 aromatic rings. The summed E-state index contributed by atoms with van der Waals surface area (Å²) in [5.41, 5.74) is 2.18. The lowest BCUT2D eigenvalue weighted by Crippen LogP contribution is -2.26. The molecule has 0 spiro atoms. The van der Waals surface area contributed by atoms with Crippen molar-refractivity contribution in [2.75, 3.05) is 6.54 Å². The molecule has 0 radical (unpaired) electrons. The van der Waals surface area contributed by atoms with Gasteiger partial charge in [-0.1, -0.05) is 24.3 Å². The molecule has 0 aliphatic carbocycles. The number of rotatable bonds is 5. The van der Waals surface area contributed by atoms with Crippen molar-refractivity contribution in [3.8, 4) is 0 Å². The zero-order valence-corrected chi connectivity index (χ0v) is 10.4. The third kappa shape index (κ3) is 3.80. The van der Waals surface area contributed by atoms with E-state index in [1.165, 1.54) is 12.0 Å². The van der Waals surface area contributed by atoms with Crippen LogP contribution in [0.5, 0.6) is 0 Å². The SMILES string of the molecule is CC1CCC(CNCc2cccc(CO)c2)O1. The van der Waals surface area contributed by atoms with Gasteiger partial charge in [0, 0.05) is 13.1 Å². The maximum absolute atomic E-state index is 9.05. The molecule has 1 aliphatic heterocycles. The zero-order chi connectivity index (χ0) is 12.1. The summed E-state index contributed by atoms with van der Waals surface area (Å²) in [6.07, 6.45) is 3.11. The summed E-state index contributed by atoms with van der Waals surface area (Å²) in [5, 5.41) is 12.5. The van der Waals surface area contributed by atoms with Gasteiger partial charge in [0.1, 0.15) is 0 Å². The van der Waals surface area contributed by atoms with E-state index in [2.05, 4.69) is 18.3 Å². The van der Waals surface area contributed by atoms with Gasteiger partial charge in [-0.2, -0.15) is 0 Å². The molecule has 2 atom stereocenters. The first-order valence-electron chi connectivity index (χ1n) is 6.33. The van der Waals surface area contributed by atoms with Crippen molar-refractivity contribution < 1.29 is 9.84 Å². The number of aliphatic hydroxyl groups excluding tert-OH is 1. The van der Waals surface area contributed by atoms with Gasteiger partial charge in [-0.05, 0) is 30.9 Å². The normalized spacial score (nSPS) is 24.1. The van der Waals surface area contributed by atoms with Crippen LogP contribution in [0.4, 0.5) is 0 Å². The highest BCUT2D eigenvalue weighted by Gasteiger charge is 2.20. The molecule has 1 saturated heterocycles. The van der Waals surface area contributed by atoms with Crippen LogP contribution in [0, 0.1) is 0 Å². The molecule has 94 valence electrons. The highest BCUT2D eigenvalue weighted by Crippen LogP contribution is 2.18. The summed E-state index contributed by atoms with van der Waals surface area (Å²) in [6, 6.07) is 8.03. The Labute approximate surface area is 103 Å². The predicted molar refractivity (Wildman–Crippen MR) is 67.6 cm³/mol. The van der Waals surface area contributed by atoms with Crippen molar-refractivity contribution in [3.63, 3.8) is 0 Å². The van der Waals surface area contributed by atoms with E-state index in [1.54, 1.807) is 0 Å². The smallest absolute Gasteiger partial charge is 0.0704 e. The van der Waals surface area contributed by atoms with Crippen LogP contribution in [-0.2, 0) is 17.9 Å². The average molecular weight is 235 g/mol. The molecule has 3 nitrogen and oxygen atoms in total. The number of aliphatic hydroxyl groups is 1. The molecule has 1 fully saturated rings. The van der Waals surface area contributed by atoms with Crippen LogP contribution in [0.25, 0.3) is 0 Å². The minimum absolute atomic E-state index is 0.108. The molecule has 2 rings (SSSR count). The van der Waals surface area contributed by atoms with Crippen LogP contribution < -0.4 is 5.32 Å². The second kappa shape index (κ2) is 6.15. The van der Waals surface area contributed by atoms with Crippen LogP contribution >= 0.6 is 0 Å². The van der Waals surface area contributed by atoms with Crippen molar-refractivity contribution in [1.82, 2.24) is 5.32 Å². The first kappa shape index (κ1) is 12.6. The second-order valence-electron chi connectivity index (χ2n) is 4.76. The molecule has 0 aromatic heterocycles. The minimum atomic E-state index is 0.108. The molecular formula is C14H21NO2. The van der Waals surface area contributed by atoms with E-state index >= 15 is 0 Å². The summed E-state index contributed by atoms with van der Waals surface area (Å²) in [4.78, 5) is 0. The lowest BCUT2D eigenvalue weighted by atomic mass is 10.1. The van der Waals surface area contributed by atoms with Crippen LogP contribution in [0.3, 0.4) is 0 Å². The number of hydrogen-bond acceptors (Lipinski definition) is 3. The number of hydrogen-bond donors (Lipinski definition) is 2. The summed E-state index contributed by atoms with van der Waals surface area (Å²) in [7, 11) is 0. The number of nitrogens with one attached hydrogen (secondary N) is 1. The second-order valence-corrected chi connectivity index (χ2v) is 4.76. The Morgan fingerprint density at radius 2 is 2.18 bits per heavy atom. The Morgan fingerprint density at radius 1 is 1.35 bits per heavy atom. The predicted octanol–water partition coefficient (Wildman–Crippen LogP) is 1.84. The molecule has 1 aromatic carbocycles. The van der Waals surface area contributed by atoms with Gasteiger partial charge in [0.2, 0.25) is 0 Å². The number of benzene rings is 1. The topological polar surface area (TPSA) is 41.5 Å². The molecule has 0 bridgehead atoms. The van der Waals surface area contributed by atoms with Gasteiger partial charge in [-0.15, -0.1) is 0 Å². The standard InChI is InChI=1S/C14H21NO2/c1-11-5-6-14(17-11)9-15-8-12-3-2-4-13(7-12)10-16/h2-4,7,11,14-16H,5-6,8-10H2,1H3. The molecular weight excluding hydrogens is 214 g/mol. The quantitative estimate of drug-likeness (QED) is 0.818. The molecule has 1 aliphatic rings. The highest BCUT2D eigenvalue weighted by molar-refractivity contribution is 5.22. The van der Waals surface area contributed by atoms with Crippen molar-refractivity contribution in [2.24, 2.45) is 0 Å². The summed E-state index contributed by atoms with van der Waals surface area (Å²) in [6.45, 7) is 3.98. The fraction of sp³-hybridized carbons (Fsp3) is 0.571. The van der Waals surface area contributed by atoms with Crippen LogP contribution in [0.2, 0.25) is 0 Å². The van der Waals surface area contributed by atoms with Gasteiger partial charge < -0.3 is 15.2 Å². The van der Waals surface area contributed by atoms with Gasteiger partial charge >= 0.3 is 0 Å².